The van der Waals surface area contributed by atoms with Gasteiger partial charge in [0.05, 0.1) is 0 Å². The van der Waals surface area contributed by atoms with E-state index in [0.29, 0.717) is 5.92 Å². The standard InChI is InChI=1S/C14H16N2/c1-3-11(2)12-4-6-13(7-5-12)14-8-15-10-16-9-14/h4-11H,3H2,1-2H3. The van der Waals surface area contributed by atoms with E-state index >= 15 is 0 Å². The number of hydrogen-bond donors (Lipinski definition) is 0. The fourth-order valence-corrected chi connectivity index (χ4v) is 1.69. The summed E-state index contributed by atoms with van der Waals surface area (Å²) in [5.74, 6) is 0.626. The van der Waals surface area contributed by atoms with Crippen LogP contribution in [0.15, 0.2) is 43.0 Å². The second-order valence-electron chi connectivity index (χ2n) is 4.06. The van der Waals surface area contributed by atoms with Crippen LogP contribution in [-0.2, 0) is 0 Å². The Hall–Kier alpha value is -1.70. The zero-order valence-electron chi connectivity index (χ0n) is 9.72. The molecule has 2 aromatic rings. The minimum atomic E-state index is 0.626. The minimum absolute atomic E-state index is 0.626. The predicted octanol–water partition coefficient (Wildman–Crippen LogP) is 3.66. The van der Waals surface area contributed by atoms with E-state index in [4.69, 9.17) is 0 Å². The number of benzene rings is 1. The van der Waals surface area contributed by atoms with E-state index in [1.165, 1.54) is 17.5 Å². The Kier molecular flexibility index (Phi) is 3.30. The second-order valence-corrected chi connectivity index (χ2v) is 4.06. The van der Waals surface area contributed by atoms with Crippen LogP contribution in [0.1, 0.15) is 31.7 Å². The lowest BCUT2D eigenvalue weighted by molar-refractivity contribution is 0.734. The molecule has 0 amide bonds. The largest absolute Gasteiger partial charge is 0.244 e. The van der Waals surface area contributed by atoms with Gasteiger partial charge in [0.25, 0.3) is 0 Å². The summed E-state index contributed by atoms with van der Waals surface area (Å²) in [6.07, 6.45) is 6.40. The molecule has 2 nitrogen and oxygen atoms in total. The Balaban J connectivity index is 2.26. The fourth-order valence-electron chi connectivity index (χ4n) is 1.69. The molecular formula is C14H16N2. The zero-order chi connectivity index (χ0) is 11.4. The van der Waals surface area contributed by atoms with Crippen molar-refractivity contribution in [2.45, 2.75) is 26.2 Å². The smallest absolute Gasteiger partial charge is 0.115 e. The van der Waals surface area contributed by atoms with Crippen LogP contribution in [0, 0.1) is 0 Å². The van der Waals surface area contributed by atoms with Gasteiger partial charge in [0.15, 0.2) is 0 Å². The number of rotatable bonds is 3. The Bertz CT molecular complexity index is 434. The lowest BCUT2D eigenvalue weighted by atomic mass is 9.96. The normalized spacial score (nSPS) is 12.4. The van der Waals surface area contributed by atoms with E-state index in [0.717, 1.165) is 5.56 Å². The van der Waals surface area contributed by atoms with Crippen molar-refractivity contribution in [2.24, 2.45) is 0 Å². The van der Waals surface area contributed by atoms with Crippen LogP contribution in [0.4, 0.5) is 0 Å². The predicted molar refractivity (Wildman–Crippen MR) is 66.2 cm³/mol. The van der Waals surface area contributed by atoms with Crippen molar-refractivity contribution < 1.29 is 0 Å². The van der Waals surface area contributed by atoms with Gasteiger partial charge in [0, 0.05) is 18.0 Å². The molecule has 1 aromatic heterocycles. The van der Waals surface area contributed by atoms with Gasteiger partial charge in [-0.05, 0) is 23.5 Å². The Morgan fingerprint density at radius 3 is 2.19 bits per heavy atom. The highest BCUT2D eigenvalue weighted by molar-refractivity contribution is 5.61. The molecule has 0 spiro atoms. The van der Waals surface area contributed by atoms with Crippen molar-refractivity contribution in [2.75, 3.05) is 0 Å². The minimum Gasteiger partial charge on any atom is -0.244 e. The maximum Gasteiger partial charge on any atom is 0.115 e. The van der Waals surface area contributed by atoms with Gasteiger partial charge in [-0.25, -0.2) is 9.97 Å². The highest BCUT2D eigenvalue weighted by atomic mass is 14.8. The molecule has 0 saturated carbocycles. The fraction of sp³-hybridized carbons (Fsp3) is 0.286. The van der Waals surface area contributed by atoms with E-state index in [1.807, 2.05) is 12.4 Å². The summed E-state index contributed by atoms with van der Waals surface area (Å²) >= 11 is 0. The zero-order valence-corrected chi connectivity index (χ0v) is 9.72. The quantitative estimate of drug-likeness (QED) is 0.776. The van der Waals surface area contributed by atoms with Crippen LogP contribution in [0.3, 0.4) is 0 Å². The van der Waals surface area contributed by atoms with E-state index in [1.54, 1.807) is 6.33 Å². The number of nitrogens with zero attached hydrogens (tertiary/aromatic N) is 2. The summed E-state index contributed by atoms with van der Waals surface area (Å²) in [5, 5.41) is 0. The molecule has 82 valence electrons. The third-order valence-corrected chi connectivity index (χ3v) is 2.99. The van der Waals surface area contributed by atoms with Gasteiger partial charge in [0.2, 0.25) is 0 Å². The molecular weight excluding hydrogens is 196 g/mol. The molecule has 0 aliphatic heterocycles. The summed E-state index contributed by atoms with van der Waals surface area (Å²) in [6, 6.07) is 8.66. The summed E-state index contributed by atoms with van der Waals surface area (Å²) in [5.41, 5.74) is 3.63. The van der Waals surface area contributed by atoms with Crippen LogP contribution in [0.5, 0.6) is 0 Å². The maximum absolute atomic E-state index is 4.02. The molecule has 0 radical (unpaired) electrons. The van der Waals surface area contributed by atoms with Crippen LogP contribution in [0.2, 0.25) is 0 Å². The van der Waals surface area contributed by atoms with E-state index in [2.05, 4.69) is 48.1 Å². The molecule has 0 saturated heterocycles. The average molecular weight is 212 g/mol. The highest BCUT2D eigenvalue weighted by Gasteiger charge is 2.03. The van der Waals surface area contributed by atoms with Gasteiger partial charge in [-0.3, -0.25) is 0 Å². The summed E-state index contributed by atoms with van der Waals surface area (Å²) < 4.78 is 0. The lowest BCUT2D eigenvalue weighted by Gasteiger charge is -2.09. The molecule has 0 aliphatic carbocycles. The van der Waals surface area contributed by atoms with Crippen molar-refractivity contribution in [3.63, 3.8) is 0 Å². The Morgan fingerprint density at radius 2 is 1.62 bits per heavy atom. The van der Waals surface area contributed by atoms with Crippen LogP contribution >= 0.6 is 0 Å². The molecule has 1 unspecified atom stereocenters. The first-order chi connectivity index (χ1) is 7.81. The van der Waals surface area contributed by atoms with Gasteiger partial charge in [-0.2, -0.15) is 0 Å². The molecule has 0 N–H and O–H groups in total. The van der Waals surface area contributed by atoms with Crippen LogP contribution in [-0.4, -0.2) is 9.97 Å². The van der Waals surface area contributed by atoms with Crippen LogP contribution in [0.25, 0.3) is 11.1 Å². The molecule has 0 fully saturated rings. The Labute approximate surface area is 96.4 Å². The van der Waals surface area contributed by atoms with E-state index in [-0.39, 0.29) is 0 Å². The summed E-state index contributed by atoms with van der Waals surface area (Å²) in [7, 11) is 0. The first kappa shape index (κ1) is 10.8. The topological polar surface area (TPSA) is 25.8 Å². The van der Waals surface area contributed by atoms with Crippen LogP contribution < -0.4 is 0 Å². The third kappa shape index (κ3) is 2.27. The molecule has 1 heterocycles. The first-order valence-electron chi connectivity index (χ1n) is 5.66. The monoisotopic (exact) mass is 212 g/mol. The molecule has 0 bridgehead atoms. The molecule has 1 atom stereocenters. The highest BCUT2D eigenvalue weighted by Crippen LogP contribution is 2.23. The van der Waals surface area contributed by atoms with Crippen molar-refractivity contribution in [1.82, 2.24) is 9.97 Å². The molecule has 2 rings (SSSR count). The van der Waals surface area contributed by atoms with Gasteiger partial charge >= 0.3 is 0 Å². The number of hydrogen-bond acceptors (Lipinski definition) is 2. The Morgan fingerprint density at radius 1 is 1.00 bits per heavy atom. The summed E-state index contributed by atoms with van der Waals surface area (Å²) in [6.45, 7) is 4.46. The molecule has 2 heteroatoms. The maximum atomic E-state index is 4.02. The van der Waals surface area contributed by atoms with E-state index < -0.39 is 0 Å². The van der Waals surface area contributed by atoms with Gasteiger partial charge in [-0.15, -0.1) is 0 Å². The van der Waals surface area contributed by atoms with Crippen molar-refractivity contribution >= 4 is 0 Å². The summed E-state index contributed by atoms with van der Waals surface area (Å²) in [4.78, 5) is 8.05. The van der Waals surface area contributed by atoms with Crippen molar-refractivity contribution in [1.29, 1.82) is 0 Å². The van der Waals surface area contributed by atoms with Gasteiger partial charge < -0.3 is 0 Å². The molecule has 16 heavy (non-hydrogen) atoms. The first-order valence-corrected chi connectivity index (χ1v) is 5.66. The number of aromatic nitrogens is 2. The van der Waals surface area contributed by atoms with E-state index in [9.17, 15) is 0 Å². The average Bonchev–Trinajstić information content (AvgIpc) is 2.39. The van der Waals surface area contributed by atoms with Crippen molar-refractivity contribution in [3.05, 3.63) is 48.5 Å². The lowest BCUT2D eigenvalue weighted by Crippen LogP contribution is -1.90. The van der Waals surface area contributed by atoms with Crippen molar-refractivity contribution in [3.8, 4) is 11.1 Å². The second kappa shape index (κ2) is 4.88. The van der Waals surface area contributed by atoms with Gasteiger partial charge in [0.1, 0.15) is 6.33 Å². The third-order valence-electron chi connectivity index (χ3n) is 2.99. The molecule has 1 aromatic carbocycles. The SMILES string of the molecule is CCC(C)c1ccc(-c2cncnc2)cc1. The van der Waals surface area contributed by atoms with Gasteiger partial charge in [-0.1, -0.05) is 38.1 Å². The molecule has 0 aliphatic rings.